The second-order valence-corrected chi connectivity index (χ2v) is 25.4. The Morgan fingerprint density at radius 2 is 0.914 bits per heavy atom. The van der Waals surface area contributed by atoms with Crippen molar-refractivity contribution in [2.24, 2.45) is 0 Å². The molecule has 17 aromatic rings. The number of hydrogen-bond acceptors (Lipinski definition) is 1. The minimum absolute atomic E-state index is 0.0520. The van der Waals surface area contributed by atoms with Crippen molar-refractivity contribution in [3.05, 3.63) is 315 Å². The normalized spacial score (nSPS) is 14.4. The molecule has 4 nitrogen and oxygen atoms in total. The number of nitrogens with zero attached hydrogens (tertiary/aromatic N) is 3. The van der Waals surface area contributed by atoms with Crippen molar-refractivity contribution >= 4 is 106 Å². The zero-order valence-electron chi connectivity index (χ0n) is 62.9. The van der Waals surface area contributed by atoms with Gasteiger partial charge in [0.05, 0.1) is 66.6 Å². The van der Waals surface area contributed by atoms with Crippen LogP contribution in [0.4, 0.5) is 17.1 Å². The fourth-order valence-electron chi connectivity index (χ4n) is 15.4. The monoisotopic (exact) mass is 1200 g/mol. The highest BCUT2D eigenvalue weighted by atomic mass is 15.2. The summed E-state index contributed by atoms with van der Waals surface area (Å²) in [5.41, 5.74) is 21.4. The number of aromatic amines is 1. The van der Waals surface area contributed by atoms with Gasteiger partial charge in [-0.15, -0.1) is 0 Å². The van der Waals surface area contributed by atoms with E-state index in [1.165, 1.54) is 6.07 Å². The highest BCUT2D eigenvalue weighted by Crippen LogP contribution is 2.55. The van der Waals surface area contributed by atoms with Crippen LogP contribution in [0.5, 0.6) is 0 Å². The van der Waals surface area contributed by atoms with E-state index in [4.69, 9.17) is 8.22 Å². The van der Waals surface area contributed by atoms with Crippen molar-refractivity contribution in [2.45, 2.75) is 26.2 Å². The van der Waals surface area contributed by atoms with Crippen molar-refractivity contribution in [3.63, 3.8) is 0 Å². The van der Waals surface area contributed by atoms with E-state index in [-0.39, 0.29) is 75.1 Å². The maximum atomic E-state index is 9.73. The lowest BCUT2D eigenvalue weighted by Crippen LogP contribution is -2.60. The lowest BCUT2D eigenvalue weighted by molar-refractivity contribution is 0.591. The fraction of sp³-hybridized carbons (Fsp3) is 0.0455. The quantitative estimate of drug-likeness (QED) is 0.151. The molecule has 0 unspecified atom stereocenters. The van der Waals surface area contributed by atoms with Gasteiger partial charge in [-0.3, -0.25) is 0 Å². The zero-order valence-corrected chi connectivity index (χ0v) is 50.9. The number of rotatable bonds is 8. The molecule has 1 N–H and O–H groups in total. The number of anilines is 3. The van der Waals surface area contributed by atoms with E-state index in [0.29, 0.717) is 16.9 Å². The Labute approximate surface area is 557 Å². The molecule has 0 saturated carbocycles. The maximum absolute atomic E-state index is 9.73. The summed E-state index contributed by atoms with van der Waals surface area (Å²) in [5.74, 6) is 0. The van der Waals surface area contributed by atoms with Crippen molar-refractivity contribution in [2.75, 3.05) is 4.90 Å². The van der Waals surface area contributed by atoms with Gasteiger partial charge in [0, 0.05) is 60.4 Å². The SMILES string of the molecule is [2H]c1cc2c(c([2H])c1[2H])c1c([2H])c([2H])c([2H])c([2H])c1n2-c1ccc2c3c1c1ccccc1n3-c1cc3[nH]c4c(-c5ccccc5-c5ccccc5-c5ccccc5)cccc4c3c3c1B2c1ccc(-c2c([2H])c([2H])c([2H])c([2H])c2[2H])cc1N3c1c(-c2ccccc2)cc(C(C)(C)C)cc1-c1ccccc1. The minimum Gasteiger partial charge on any atom is -0.354 e. The first-order chi connectivity index (χ1) is 50.8. The average Bonchev–Trinajstić information content (AvgIpc) is 1.59. The van der Waals surface area contributed by atoms with E-state index in [9.17, 15) is 8.22 Å². The van der Waals surface area contributed by atoms with Gasteiger partial charge in [0.15, 0.2) is 0 Å². The molecular formula is C88H61BN4. The maximum Gasteiger partial charge on any atom is 0.252 e. The Hall–Kier alpha value is -11.7. The summed E-state index contributed by atoms with van der Waals surface area (Å²) in [6.07, 6.45) is 0. The van der Waals surface area contributed by atoms with Crippen LogP contribution in [0.1, 0.15) is 42.8 Å². The first-order valence-electron chi connectivity index (χ1n) is 37.5. The van der Waals surface area contributed by atoms with Crippen LogP contribution in [0.3, 0.4) is 0 Å². The molecule has 0 bridgehead atoms. The molecule has 2 aliphatic heterocycles. The minimum atomic E-state index is -0.619. The number of fused-ring (bicyclic) bond motifs is 14. The van der Waals surface area contributed by atoms with Gasteiger partial charge < -0.3 is 19.0 Å². The molecule has 0 saturated heterocycles. The molecule has 0 spiro atoms. The van der Waals surface area contributed by atoms with Crippen molar-refractivity contribution in [3.8, 4) is 78.1 Å². The lowest BCUT2D eigenvalue weighted by atomic mass is 9.33. The number of aromatic nitrogens is 3. The van der Waals surface area contributed by atoms with Gasteiger partial charge in [0.2, 0.25) is 0 Å². The first kappa shape index (κ1) is 42.4. The number of hydrogen-bond donors (Lipinski definition) is 1. The summed E-state index contributed by atoms with van der Waals surface area (Å²) in [7, 11) is 0. The van der Waals surface area contributed by atoms with E-state index in [1.54, 1.807) is 4.57 Å². The summed E-state index contributed by atoms with van der Waals surface area (Å²) in [5, 5.41) is 3.62. The Morgan fingerprint density at radius 3 is 1.62 bits per heavy atom. The lowest BCUT2D eigenvalue weighted by Gasteiger charge is -2.42. The van der Waals surface area contributed by atoms with E-state index < -0.39 is 36.9 Å². The molecule has 0 fully saturated rings. The zero-order chi connectivity index (χ0) is 72.1. The van der Waals surface area contributed by atoms with Gasteiger partial charge in [-0.2, -0.15) is 0 Å². The molecule has 0 radical (unpaired) electrons. The molecule has 0 atom stereocenters. The molecule has 5 heterocycles. The fourth-order valence-corrected chi connectivity index (χ4v) is 15.4. The largest absolute Gasteiger partial charge is 0.354 e. The van der Waals surface area contributed by atoms with Gasteiger partial charge in [-0.25, -0.2) is 0 Å². The van der Waals surface area contributed by atoms with Crippen LogP contribution >= 0.6 is 0 Å². The molecule has 0 amide bonds. The van der Waals surface area contributed by atoms with E-state index in [2.05, 4.69) is 217 Å². The van der Waals surface area contributed by atoms with Crippen molar-refractivity contribution in [1.29, 1.82) is 0 Å². The van der Waals surface area contributed by atoms with Crippen LogP contribution in [0.2, 0.25) is 0 Å². The summed E-state index contributed by atoms with van der Waals surface area (Å²) < 4.78 is 115. The van der Waals surface area contributed by atoms with E-state index in [1.807, 2.05) is 48.5 Å². The highest BCUT2D eigenvalue weighted by Gasteiger charge is 2.45. The Kier molecular flexibility index (Phi) is 9.30. The predicted octanol–water partition coefficient (Wildman–Crippen LogP) is 21.4. The summed E-state index contributed by atoms with van der Waals surface area (Å²) in [4.78, 5) is 6.57. The number of H-pyrrole nitrogens is 1. The van der Waals surface area contributed by atoms with Crippen molar-refractivity contribution in [1.82, 2.24) is 14.1 Å². The predicted molar refractivity (Wildman–Crippen MR) is 395 cm³/mol. The molecule has 19 rings (SSSR count). The summed E-state index contributed by atoms with van der Waals surface area (Å²) >= 11 is 0. The van der Waals surface area contributed by atoms with Crippen molar-refractivity contribution < 1.29 is 16.4 Å². The van der Waals surface area contributed by atoms with Crippen LogP contribution in [0.25, 0.3) is 144 Å². The topological polar surface area (TPSA) is 28.9 Å². The van der Waals surface area contributed by atoms with Gasteiger partial charge in [-0.05, 0) is 126 Å². The second kappa shape index (κ2) is 20.4. The Balaban J connectivity index is 1.02. The third kappa shape index (κ3) is 7.93. The summed E-state index contributed by atoms with van der Waals surface area (Å²) in [6, 6.07) is 77.1. The van der Waals surface area contributed by atoms with Crippen LogP contribution in [0, 0.1) is 0 Å². The molecule has 436 valence electrons. The summed E-state index contributed by atoms with van der Waals surface area (Å²) in [6.45, 7) is 6.08. The smallest absolute Gasteiger partial charge is 0.252 e. The molecule has 14 aromatic carbocycles. The Bertz CT molecular complexity index is 6590. The number of para-hydroxylation sites is 4. The van der Waals surface area contributed by atoms with Gasteiger partial charge in [0.1, 0.15) is 0 Å². The molecule has 5 heteroatoms. The van der Waals surface area contributed by atoms with Crippen LogP contribution in [-0.4, -0.2) is 20.8 Å². The average molecular weight is 1200 g/mol. The van der Waals surface area contributed by atoms with Gasteiger partial charge in [0.25, 0.3) is 6.71 Å². The van der Waals surface area contributed by atoms with Crippen LogP contribution < -0.4 is 21.3 Å². The molecule has 93 heavy (non-hydrogen) atoms. The standard InChI is InChI=1S/C88H61BN4/c1-88(2,3)60-52-70(57-31-12-6-13-32-57)85(71(53-60)58-33-14-7-15-34-58)93-79-51-59(55-27-8-4-9-28-55)47-48-72(79)89-73-49-50-78(91-75-44-23-20-39-65(75)66-40-21-24-45-76(66)91)82-68-41-22-25-46-77(68)92(86(73)82)80-54-74-81(87(93)83(80)89)69-43-26-42-67(84(69)90-74)64-38-19-18-37-63(64)62-36-17-16-35-61(62)56-29-10-5-11-30-56/h4-54,90H,1-3H3/i4D,8D,9D,20D,21D,23D,24D,27D,28D,39D,40D,44D. The first-order valence-corrected chi connectivity index (χ1v) is 31.5. The van der Waals surface area contributed by atoms with E-state index >= 15 is 0 Å². The van der Waals surface area contributed by atoms with Crippen LogP contribution in [0.15, 0.2) is 309 Å². The van der Waals surface area contributed by atoms with Gasteiger partial charge >= 0.3 is 0 Å². The van der Waals surface area contributed by atoms with E-state index in [0.717, 1.165) is 138 Å². The highest BCUT2D eigenvalue weighted by molar-refractivity contribution is 7.00. The number of benzene rings is 14. The third-order valence-corrected chi connectivity index (χ3v) is 19.4. The third-order valence-electron chi connectivity index (χ3n) is 19.4. The van der Waals surface area contributed by atoms with Crippen LogP contribution in [-0.2, 0) is 5.41 Å². The molecule has 3 aromatic heterocycles. The molecule has 0 aliphatic carbocycles. The Morgan fingerprint density at radius 1 is 0.355 bits per heavy atom. The molecular weight excluding hydrogens is 1120 g/mol. The second-order valence-electron chi connectivity index (χ2n) is 25.4. The molecule has 2 aliphatic rings. The number of nitrogens with one attached hydrogen (secondary N) is 1. The van der Waals surface area contributed by atoms with Gasteiger partial charge in [-0.1, -0.05) is 281 Å².